The van der Waals surface area contributed by atoms with Crippen molar-refractivity contribution in [1.82, 2.24) is 0 Å². The number of thioether (sulfide) groups is 1. The zero-order valence-electron chi connectivity index (χ0n) is 19.1. The van der Waals surface area contributed by atoms with E-state index in [0.29, 0.717) is 5.25 Å². The molecule has 1 heterocycles. The number of hydrogen-bond donors (Lipinski definition) is 0. The van der Waals surface area contributed by atoms with Gasteiger partial charge in [-0.25, -0.2) is 0 Å². The molecule has 0 spiro atoms. The fourth-order valence-corrected chi connectivity index (χ4v) is 6.39. The van der Waals surface area contributed by atoms with Gasteiger partial charge in [0.05, 0.1) is 0 Å². The Morgan fingerprint density at radius 1 is 0.828 bits per heavy atom. The predicted octanol–water partition coefficient (Wildman–Crippen LogP) is 9.21. The van der Waals surface area contributed by atoms with Crippen LogP contribution in [-0.4, -0.2) is 0 Å². The molecule has 2 aromatic carbocycles. The molecule has 0 amide bonds. The highest BCUT2D eigenvalue weighted by atomic mass is 32.2. The van der Waals surface area contributed by atoms with Gasteiger partial charge in [-0.2, -0.15) is 0 Å². The van der Waals surface area contributed by atoms with Crippen molar-refractivity contribution in [2.75, 3.05) is 0 Å². The summed E-state index contributed by atoms with van der Waals surface area (Å²) < 4.78 is 0. The summed E-state index contributed by atoms with van der Waals surface area (Å²) in [7, 11) is 0. The Kier molecular flexibility index (Phi) is 6.36. The monoisotopic (exact) mass is 422 g/mol. The molecule has 154 valence electrons. The molecule has 3 rings (SSSR count). The summed E-state index contributed by atoms with van der Waals surface area (Å²) in [6, 6.07) is 18.3. The highest BCUT2D eigenvalue weighted by Crippen LogP contribution is 2.49. The predicted molar refractivity (Wildman–Crippen MR) is 132 cm³/mol. The molecule has 0 aliphatic carbocycles. The van der Waals surface area contributed by atoms with Gasteiger partial charge in [0.1, 0.15) is 0 Å². The number of benzene rings is 2. The zero-order valence-corrected chi connectivity index (χ0v) is 20.7. The maximum Gasteiger partial charge on any atom is 0.0486 e. The van der Waals surface area contributed by atoms with Crippen molar-refractivity contribution >= 4 is 23.1 Å². The van der Waals surface area contributed by atoms with Gasteiger partial charge in [-0.05, 0) is 76.1 Å². The summed E-state index contributed by atoms with van der Waals surface area (Å²) in [5, 5.41) is 2.65. The van der Waals surface area contributed by atoms with Crippen LogP contribution in [-0.2, 0) is 5.41 Å². The Morgan fingerprint density at radius 2 is 1.41 bits per heavy atom. The minimum absolute atomic E-state index is 0.187. The van der Waals surface area contributed by atoms with Crippen molar-refractivity contribution in [3.05, 3.63) is 75.5 Å². The Balaban J connectivity index is 1.93. The second-order valence-electron chi connectivity index (χ2n) is 10.1. The van der Waals surface area contributed by atoms with E-state index in [2.05, 4.69) is 109 Å². The van der Waals surface area contributed by atoms with Gasteiger partial charge in [0.15, 0.2) is 0 Å². The first-order valence-corrected chi connectivity index (χ1v) is 12.1. The molecule has 0 saturated carbocycles. The highest BCUT2D eigenvalue weighted by molar-refractivity contribution is 7.99. The third-order valence-electron chi connectivity index (χ3n) is 5.39. The van der Waals surface area contributed by atoms with Crippen LogP contribution in [0, 0.1) is 19.3 Å². The molecule has 1 atom stereocenters. The van der Waals surface area contributed by atoms with E-state index in [9.17, 15) is 0 Å². The molecule has 0 radical (unpaired) electrons. The van der Waals surface area contributed by atoms with Crippen molar-refractivity contribution in [3.63, 3.8) is 0 Å². The summed E-state index contributed by atoms with van der Waals surface area (Å²) in [5.74, 6) is 0. The van der Waals surface area contributed by atoms with Crippen LogP contribution in [0.2, 0.25) is 0 Å². The van der Waals surface area contributed by atoms with Gasteiger partial charge in [0.25, 0.3) is 0 Å². The molecule has 1 unspecified atom stereocenters. The van der Waals surface area contributed by atoms with Crippen LogP contribution < -0.4 is 0 Å². The van der Waals surface area contributed by atoms with Gasteiger partial charge in [-0.3, -0.25) is 0 Å². The van der Waals surface area contributed by atoms with Crippen LogP contribution in [0.4, 0.5) is 0 Å². The standard InChI is InChI=1S/C27H34S2/c1-18-16-22(29-25(27(6,7)8)23-10-9-15-28-23)17-19(2)24(18)20-11-13-21(14-12-20)26(3,4)5/h9-17,25H,1-8H3. The van der Waals surface area contributed by atoms with Gasteiger partial charge in [-0.15, -0.1) is 23.1 Å². The van der Waals surface area contributed by atoms with E-state index in [4.69, 9.17) is 0 Å². The lowest BCUT2D eigenvalue weighted by Crippen LogP contribution is -2.14. The van der Waals surface area contributed by atoms with Crippen molar-refractivity contribution < 1.29 is 0 Å². The maximum absolute atomic E-state index is 2.37. The first-order valence-electron chi connectivity index (χ1n) is 10.4. The van der Waals surface area contributed by atoms with E-state index < -0.39 is 0 Å². The molecular weight excluding hydrogens is 388 g/mol. The number of thiophene rings is 1. The summed E-state index contributed by atoms with van der Waals surface area (Å²) >= 11 is 3.87. The van der Waals surface area contributed by atoms with E-state index in [0.717, 1.165) is 0 Å². The molecule has 0 bridgehead atoms. The highest BCUT2D eigenvalue weighted by Gasteiger charge is 2.28. The number of rotatable bonds is 4. The summed E-state index contributed by atoms with van der Waals surface area (Å²) in [6.07, 6.45) is 0. The first-order chi connectivity index (χ1) is 13.5. The van der Waals surface area contributed by atoms with E-state index in [1.807, 2.05) is 23.1 Å². The van der Waals surface area contributed by atoms with Gasteiger partial charge < -0.3 is 0 Å². The third-order valence-corrected chi connectivity index (χ3v) is 8.18. The van der Waals surface area contributed by atoms with E-state index in [-0.39, 0.29) is 10.8 Å². The minimum atomic E-state index is 0.187. The van der Waals surface area contributed by atoms with Crippen LogP contribution in [0.15, 0.2) is 58.8 Å². The van der Waals surface area contributed by atoms with Crippen molar-refractivity contribution in [3.8, 4) is 11.1 Å². The lowest BCUT2D eigenvalue weighted by molar-refractivity contribution is 0.405. The van der Waals surface area contributed by atoms with Gasteiger partial charge in [0, 0.05) is 15.0 Å². The number of hydrogen-bond acceptors (Lipinski definition) is 2. The van der Waals surface area contributed by atoms with Crippen molar-refractivity contribution in [1.29, 1.82) is 0 Å². The lowest BCUT2D eigenvalue weighted by atomic mass is 9.85. The van der Waals surface area contributed by atoms with Crippen LogP contribution in [0.5, 0.6) is 0 Å². The molecule has 0 saturated heterocycles. The van der Waals surface area contributed by atoms with Crippen LogP contribution in [0.1, 0.15) is 68.4 Å². The smallest absolute Gasteiger partial charge is 0.0486 e. The Labute approximate surface area is 185 Å². The molecule has 1 aromatic heterocycles. The fourth-order valence-electron chi connectivity index (χ4n) is 3.82. The van der Waals surface area contributed by atoms with Gasteiger partial charge in [-0.1, -0.05) is 71.9 Å². The molecule has 0 N–H and O–H groups in total. The molecule has 0 fully saturated rings. The normalized spacial score (nSPS) is 13.5. The molecule has 0 nitrogen and oxygen atoms in total. The molecule has 3 aromatic rings. The second-order valence-corrected chi connectivity index (χ2v) is 12.3. The molecule has 0 aliphatic heterocycles. The zero-order chi connectivity index (χ0) is 21.4. The van der Waals surface area contributed by atoms with Crippen LogP contribution in [0.3, 0.4) is 0 Å². The average Bonchev–Trinajstić information content (AvgIpc) is 3.12. The Morgan fingerprint density at radius 3 is 1.86 bits per heavy atom. The molecular formula is C27H34S2. The third kappa shape index (κ3) is 5.16. The van der Waals surface area contributed by atoms with Gasteiger partial charge >= 0.3 is 0 Å². The summed E-state index contributed by atoms with van der Waals surface area (Å²) in [4.78, 5) is 2.82. The molecule has 0 aliphatic rings. The quantitative estimate of drug-likeness (QED) is 0.377. The fraction of sp³-hybridized carbons (Fsp3) is 0.407. The van der Waals surface area contributed by atoms with Crippen LogP contribution >= 0.6 is 23.1 Å². The molecule has 29 heavy (non-hydrogen) atoms. The first kappa shape index (κ1) is 22.2. The average molecular weight is 423 g/mol. The maximum atomic E-state index is 2.37. The van der Waals surface area contributed by atoms with E-state index >= 15 is 0 Å². The Bertz CT molecular complexity index is 926. The van der Waals surface area contributed by atoms with E-state index in [1.54, 1.807) is 0 Å². The number of aryl methyl sites for hydroxylation is 2. The Hall–Kier alpha value is -1.51. The minimum Gasteiger partial charge on any atom is -0.148 e. The largest absolute Gasteiger partial charge is 0.148 e. The molecule has 2 heteroatoms. The lowest BCUT2D eigenvalue weighted by Gasteiger charge is -2.30. The summed E-state index contributed by atoms with van der Waals surface area (Å²) in [5.41, 5.74) is 7.18. The second kappa shape index (κ2) is 8.32. The van der Waals surface area contributed by atoms with Crippen molar-refractivity contribution in [2.45, 2.75) is 71.0 Å². The topological polar surface area (TPSA) is 0 Å². The van der Waals surface area contributed by atoms with E-state index in [1.165, 1.54) is 37.6 Å². The SMILES string of the molecule is Cc1cc(SC(c2cccs2)C(C)(C)C)cc(C)c1-c1ccc(C(C)(C)C)cc1. The van der Waals surface area contributed by atoms with Crippen LogP contribution in [0.25, 0.3) is 11.1 Å². The van der Waals surface area contributed by atoms with Crippen molar-refractivity contribution in [2.24, 2.45) is 5.41 Å². The summed E-state index contributed by atoms with van der Waals surface area (Å²) in [6.45, 7) is 18.3. The van der Waals surface area contributed by atoms with Gasteiger partial charge in [0.2, 0.25) is 0 Å².